The number of benzene rings is 1. The summed E-state index contributed by atoms with van der Waals surface area (Å²) in [6, 6.07) is 4.90. The quantitative estimate of drug-likeness (QED) is 0.805. The van der Waals surface area contributed by atoms with Crippen molar-refractivity contribution in [3.05, 3.63) is 40.1 Å². The van der Waals surface area contributed by atoms with Crippen molar-refractivity contribution in [2.75, 3.05) is 6.61 Å². The van der Waals surface area contributed by atoms with E-state index >= 15 is 0 Å². The zero-order valence-corrected chi connectivity index (χ0v) is 11.0. The lowest BCUT2D eigenvalue weighted by Crippen LogP contribution is -2.05. The van der Waals surface area contributed by atoms with Gasteiger partial charge in [0.1, 0.15) is 17.5 Å². The Labute approximate surface area is 113 Å². The van der Waals surface area contributed by atoms with E-state index < -0.39 is 5.97 Å². The first-order chi connectivity index (χ1) is 8.63. The van der Waals surface area contributed by atoms with Crippen molar-refractivity contribution in [3.63, 3.8) is 0 Å². The zero-order chi connectivity index (χ0) is 13.1. The summed E-state index contributed by atoms with van der Waals surface area (Å²) in [5.74, 6) is -0.500. The van der Waals surface area contributed by atoms with Crippen molar-refractivity contribution >= 4 is 29.2 Å². The van der Waals surface area contributed by atoms with Crippen molar-refractivity contribution in [1.82, 2.24) is 5.16 Å². The Morgan fingerprint density at radius 1 is 1.44 bits per heavy atom. The summed E-state index contributed by atoms with van der Waals surface area (Å²) in [7, 11) is 0. The van der Waals surface area contributed by atoms with E-state index in [0.29, 0.717) is 21.3 Å². The number of carbonyl (C=O) groups excluding carboxylic acids is 1. The standard InChI is InChI=1S/C12H9Cl2NO3/c1-2-17-12(16)9-6-18-15-11(9)8-4-3-7(13)5-10(8)14/h3-6H,2H2,1H3. The van der Waals surface area contributed by atoms with Crippen LogP contribution in [-0.4, -0.2) is 17.7 Å². The van der Waals surface area contributed by atoms with E-state index in [1.807, 2.05) is 0 Å². The van der Waals surface area contributed by atoms with Gasteiger partial charge in [0.2, 0.25) is 0 Å². The van der Waals surface area contributed by atoms with Gasteiger partial charge in [-0.3, -0.25) is 0 Å². The summed E-state index contributed by atoms with van der Waals surface area (Å²) in [5.41, 5.74) is 1.15. The van der Waals surface area contributed by atoms with Crippen LogP contribution in [0.25, 0.3) is 11.3 Å². The number of esters is 1. The van der Waals surface area contributed by atoms with Gasteiger partial charge in [-0.25, -0.2) is 4.79 Å². The van der Waals surface area contributed by atoms with Crippen LogP contribution in [0.1, 0.15) is 17.3 Å². The molecule has 0 bridgehead atoms. The minimum absolute atomic E-state index is 0.237. The number of hydrogen-bond acceptors (Lipinski definition) is 4. The van der Waals surface area contributed by atoms with E-state index in [0.717, 1.165) is 0 Å². The molecule has 0 saturated heterocycles. The van der Waals surface area contributed by atoms with Gasteiger partial charge >= 0.3 is 5.97 Å². The molecular formula is C12H9Cl2NO3. The van der Waals surface area contributed by atoms with E-state index in [9.17, 15) is 4.79 Å². The predicted molar refractivity (Wildman–Crippen MR) is 67.9 cm³/mol. The fraction of sp³-hybridized carbons (Fsp3) is 0.167. The Bertz CT molecular complexity index is 580. The fourth-order valence-electron chi connectivity index (χ4n) is 1.47. The molecule has 0 N–H and O–H groups in total. The molecule has 0 radical (unpaired) electrons. The van der Waals surface area contributed by atoms with E-state index in [1.54, 1.807) is 25.1 Å². The molecule has 0 saturated carbocycles. The molecule has 0 atom stereocenters. The molecule has 1 heterocycles. The van der Waals surface area contributed by atoms with Gasteiger partial charge in [-0.2, -0.15) is 0 Å². The normalized spacial score (nSPS) is 10.4. The Kier molecular flexibility index (Phi) is 3.89. The molecular weight excluding hydrogens is 277 g/mol. The number of ether oxygens (including phenoxy) is 1. The predicted octanol–water partition coefficient (Wildman–Crippen LogP) is 3.83. The maximum Gasteiger partial charge on any atom is 0.343 e. The zero-order valence-electron chi connectivity index (χ0n) is 9.44. The van der Waals surface area contributed by atoms with Crippen molar-refractivity contribution in [3.8, 4) is 11.3 Å². The molecule has 1 aromatic heterocycles. The number of hydrogen-bond donors (Lipinski definition) is 0. The third-order valence-corrected chi connectivity index (χ3v) is 2.80. The van der Waals surface area contributed by atoms with Crippen molar-refractivity contribution in [2.45, 2.75) is 6.92 Å². The minimum Gasteiger partial charge on any atom is -0.462 e. The lowest BCUT2D eigenvalue weighted by atomic mass is 10.1. The van der Waals surface area contributed by atoms with Crippen LogP contribution in [-0.2, 0) is 4.74 Å². The van der Waals surface area contributed by atoms with Gasteiger partial charge in [-0.15, -0.1) is 0 Å². The summed E-state index contributed by atoms with van der Waals surface area (Å²) >= 11 is 11.9. The smallest absolute Gasteiger partial charge is 0.343 e. The highest BCUT2D eigenvalue weighted by Crippen LogP contribution is 2.31. The SMILES string of the molecule is CCOC(=O)c1conc1-c1ccc(Cl)cc1Cl. The summed E-state index contributed by atoms with van der Waals surface area (Å²) in [6.45, 7) is 2.00. The van der Waals surface area contributed by atoms with Crippen LogP contribution in [0.3, 0.4) is 0 Å². The fourth-order valence-corrected chi connectivity index (χ4v) is 1.96. The highest BCUT2D eigenvalue weighted by Gasteiger charge is 2.20. The highest BCUT2D eigenvalue weighted by molar-refractivity contribution is 6.36. The van der Waals surface area contributed by atoms with Crippen LogP contribution in [0.4, 0.5) is 0 Å². The van der Waals surface area contributed by atoms with Crippen LogP contribution in [0.5, 0.6) is 0 Å². The maximum atomic E-state index is 11.7. The van der Waals surface area contributed by atoms with Crippen LogP contribution in [0.2, 0.25) is 10.0 Å². The number of rotatable bonds is 3. The topological polar surface area (TPSA) is 52.3 Å². The molecule has 0 fully saturated rings. The lowest BCUT2D eigenvalue weighted by molar-refractivity contribution is 0.0526. The average molecular weight is 286 g/mol. The second-order valence-electron chi connectivity index (χ2n) is 3.42. The third kappa shape index (κ3) is 2.49. The Morgan fingerprint density at radius 3 is 2.89 bits per heavy atom. The molecule has 4 nitrogen and oxygen atoms in total. The third-order valence-electron chi connectivity index (χ3n) is 2.25. The van der Waals surface area contributed by atoms with Gasteiger partial charge in [0.05, 0.1) is 11.6 Å². The molecule has 18 heavy (non-hydrogen) atoms. The molecule has 6 heteroatoms. The number of halogens is 2. The molecule has 0 spiro atoms. The first-order valence-electron chi connectivity index (χ1n) is 5.20. The number of nitrogens with zero attached hydrogens (tertiary/aromatic N) is 1. The Hall–Kier alpha value is -1.52. The van der Waals surface area contributed by atoms with Crippen LogP contribution in [0.15, 0.2) is 29.0 Å². The van der Waals surface area contributed by atoms with E-state index in [1.165, 1.54) is 6.26 Å². The van der Waals surface area contributed by atoms with Gasteiger partial charge in [-0.1, -0.05) is 28.4 Å². The second kappa shape index (κ2) is 5.42. The first-order valence-corrected chi connectivity index (χ1v) is 5.96. The van der Waals surface area contributed by atoms with Crippen molar-refractivity contribution < 1.29 is 14.1 Å². The van der Waals surface area contributed by atoms with Gasteiger partial charge in [-0.05, 0) is 25.1 Å². The lowest BCUT2D eigenvalue weighted by Gasteiger charge is -2.03. The molecule has 0 amide bonds. The largest absolute Gasteiger partial charge is 0.462 e. The second-order valence-corrected chi connectivity index (χ2v) is 4.27. The molecule has 0 aliphatic carbocycles. The maximum absolute atomic E-state index is 11.7. The van der Waals surface area contributed by atoms with E-state index in [-0.39, 0.29) is 12.2 Å². The summed E-state index contributed by atoms with van der Waals surface area (Å²) < 4.78 is 9.71. The van der Waals surface area contributed by atoms with Crippen molar-refractivity contribution in [2.24, 2.45) is 0 Å². The summed E-state index contributed by atoms with van der Waals surface area (Å²) in [4.78, 5) is 11.7. The van der Waals surface area contributed by atoms with Gasteiger partial charge < -0.3 is 9.26 Å². The highest BCUT2D eigenvalue weighted by atomic mass is 35.5. The number of carbonyl (C=O) groups is 1. The van der Waals surface area contributed by atoms with E-state index in [4.69, 9.17) is 32.5 Å². The van der Waals surface area contributed by atoms with Crippen LogP contribution >= 0.6 is 23.2 Å². The number of aromatic nitrogens is 1. The summed E-state index contributed by atoms with van der Waals surface area (Å²) in [5, 5.41) is 4.67. The molecule has 0 aliphatic rings. The molecule has 1 aromatic carbocycles. The first kappa shape index (κ1) is 12.9. The van der Waals surface area contributed by atoms with Crippen molar-refractivity contribution in [1.29, 1.82) is 0 Å². The van der Waals surface area contributed by atoms with Gasteiger partial charge in [0.25, 0.3) is 0 Å². The average Bonchev–Trinajstić information content (AvgIpc) is 2.78. The van der Waals surface area contributed by atoms with Gasteiger partial charge in [0, 0.05) is 10.6 Å². The molecule has 2 aromatic rings. The summed E-state index contributed by atoms with van der Waals surface area (Å²) in [6.07, 6.45) is 1.23. The minimum atomic E-state index is -0.500. The monoisotopic (exact) mass is 285 g/mol. The Balaban J connectivity index is 2.45. The molecule has 94 valence electrons. The van der Waals surface area contributed by atoms with E-state index in [2.05, 4.69) is 5.16 Å². The molecule has 0 aliphatic heterocycles. The van der Waals surface area contributed by atoms with Crippen LogP contribution < -0.4 is 0 Å². The Morgan fingerprint density at radius 2 is 2.22 bits per heavy atom. The molecule has 0 unspecified atom stereocenters. The van der Waals surface area contributed by atoms with Crippen LogP contribution in [0, 0.1) is 0 Å². The van der Waals surface area contributed by atoms with Gasteiger partial charge in [0.15, 0.2) is 0 Å². The molecule has 2 rings (SSSR count).